The van der Waals surface area contributed by atoms with Crippen LogP contribution in [0.25, 0.3) is 0 Å². The Morgan fingerprint density at radius 1 is 1.50 bits per heavy atom. The lowest BCUT2D eigenvalue weighted by atomic mass is 9.75. The lowest BCUT2D eigenvalue weighted by molar-refractivity contribution is -0.129. The molecule has 108 valence electrons. The van der Waals surface area contributed by atoms with Gasteiger partial charge in [0.1, 0.15) is 5.54 Å². The van der Waals surface area contributed by atoms with Gasteiger partial charge >= 0.3 is 6.03 Å². The van der Waals surface area contributed by atoms with E-state index in [4.69, 9.17) is 0 Å². The summed E-state index contributed by atoms with van der Waals surface area (Å²) in [6, 6.07) is 1.87. The first-order valence-electron chi connectivity index (χ1n) is 7.26. The standard InChI is InChI=1S/C15H20N2O2S/c1-11-3-2-6-15(9-11)13(18)16-14(19)17(15)7-4-12-5-8-20-10-12/h5,8,10-11H,2-4,6-7,9H2,1H3,(H,16,18,19). The van der Waals surface area contributed by atoms with Gasteiger partial charge in [0, 0.05) is 6.54 Å². The van der Waals surface area contributed by atoms with E-state index in [1.54, 1.807) is 16.2 Å². The zero-order valence-corrected chi connectivity index (χ0v) is 12.5. The van der Waals surface area contributed by atoms with Crippen molar-refractivity contribution in [3.05, 3.63) is 22.4 Å². The van der Waals surface area contributed by atoms with E-state index in [9.17, 15) is 9.59 Å². The van der Waals surface area contributed by atoms with E-state index in [1.807, 2.05) is 5.38 Å². The normalized spacial score (nSPS) is 30.1. The molecule has 0 bridgehead atoms. The highest BCUT2D eigenvalue weighted by Gasteiger charge is 2.53. The summed E-state index contributed by atoms with van der Waals surface area (Å²) in [5.41, 5.74) is 0.659. The number of hydrogen-bond acceptors (Lipinski definition) is 3. The molecule has 2 fully saturated rings. The van der Waals surface area contributed by atoms with Crippen LogP contribution < -0.4 is 5.32 Å². The minimum atomic E-state index is -0.579. The second kappa shape index (κ2) is 5.20. The summed E-state index contributed by atoms with van der Waals surface area (Å²) < 4.78 is 0. The molecule has 20 heavy (non-hydrogen) atoms. The Balaban J connectivity index is 1.78. The van der Waals surface area contributed by atoms with Crippen LogP contribution in [0.4, 0.5) is 4.79 Å². The Kier molecular flexibility index (Phi) is 3.54. The summed E-state index contributed by atoms with van der Waals surface area (Å²) in [7, 11) is 0. The minimum Gasteiger partial charge on any atom is -0.309 e. The molecule has 1 aromatic heterocycles. The molecule has 4 nitrogen and oxygen atoms in total. The van der Waals surface area contributed by atoms with E-state index < -0.39 is 5.54 Å². The van der Waals surface area contributed by atoms with Crippen molar-refractivity contribution in [1.82, 2.24) is 10.2 Å². The molecule has 2 unspecified atom stereocenters. The van der Waals surface area contributed by atoms with Gasteiger partial charge in [-0.05, 0) is 47.6 Å². The van der Waals surface area contributed by atoms with Crippen molar-refractivity contribution in [3.63, 3.8) is 0 Å². The number of carbonyl (C=O) groups is 2. The van der Waals surface area contributed by atoms with Gasteiger partial charge in [0.15, 0.2) is 0 Å². The van der Waals surface area contributed by atoms with Crippen LogP contribution in [-0.2, 0) is 11.2 Å². The number of urea groups is 1. The highest BCUT2D eigenvalue weighted by atomic mass is 32.1. The molecular formula is C15H20N2O2S. The first kappa shape index (κ1) is 13.6. The fraction of sp³-hybridized carbons (Fsp3) is 0.600. The molecule has 1 saturated heterocycles. The summed E-state index contributed by atoms with van der Waals surface area (Å²) >= 11 is 1.66. The van der Waals surface area contributed by atoms with Crippen LogP contribution in [0.2, 0.25) is 0 Å². The molecule has 2 heterocycles. The summed E-state index contributed by atoms with van der Waals surface area (Å²) in [5.74, 6) is 0.420. The third-order valence-electron chi connectivity index (χ3n) is 4.58. The van der Waals surface area contributed by atoms with Crippen molar-refractivity contribution in [2.24, 2.45) is 5.92 Å². The minimum absolute atomic E-state index is 0.0839. The van der Waals surface area contributed by atoms with Crippen molar-refractivity contribution < 1.29 is 9.59 Å². The van der Waals surface area contributed by atoms with Gasteiger partial charge in [0.25, 0.3) is 5.91 Å². The van der Waals surface area contributed by atoms with Crippen LogP contribution in [0, 0.1) is 5.92 Å². The molecule has 0 aromatic carbocycles. The molecule has 3 rings (SSSR count). The van der Waals surface area contributed by atoms with Crippen molar-refractivity contribution >= 4 is 23.3 Å². The highest BCUT2D eigenvalue weighted by Crippen LogP contribution is 2.39. The van der Waals surface area contributed by atoms with Gasteiger partial charge in [-0.3, -0.25) is 10.1 Å². The maximum atomic E-state index is 12.3. The summed E-state index contributed by atoms with van der Waals surface area (Å²) in [6.07, 6.45) is 4.60. The smallest absolute Gasteiger partial charge is 0.309 e. The zero-order valence-electron chi connectivity index (χ0n) is 11.7. The van der Waals surface area contributed by atoms with Crippen LogP contribution in [0.5, 0.6) is 0 Å². The fourth-order valence-corrected chi connectivity index (χ4v) is 4.27. The van der Waals surface area contributed by atoms with Gasteiger partial charge in [-0.25, -0.2) is 4.79 Å². The number of nitrogens with zero attached hydrogens (tertiary/aromatic N) is 1. The van der Waals surface area contributed by atoms with Gasteiger partial charge in [-0.2, -0.15) is 11.3 Å². The molecular weight excluding hydrogens is 272 g/mol. The van der Waals surface area contributed by atoms with Crippen molar-refractivity contribution in [2.45, 2.75) is 44.6 Å². The lowest BCUT2D eigenvalue weighted by Gasteiger charge is -2.40. The molecule has 1 saturated carbocycles. The Bertz CT molecular complexity index is 514. The molecule has 0 radical (unpaired) electrons. The van der Waals surface area contributed by atoms with E-state index >= 15 is 0 Å². The molecule has 1 N–H and O–H groups in total. The number of carbonyl (C=O) groups excluding carboxylic acids is 2. The van der Waals surface area contributed by atoms with Crippen LogP contribution in [-0.4, -0.2) is 28.9 Å². The second-order valence-corrected chi connectivity index (χ2v) is 6.81. The number of hydrogen-bond donors (Lipinski definition) is 1. The summed E-state index contributed by atoms with van der Waals surface area (Å²) in [4.78, 5) is 26.2. The lowest BCUT2D eigenvalue weighted by Crippen LogP contribution is -2.53. The topological polar surface area (TPSA) is 49.4 Å². The SMILES string of the molecule is CC1CCCC2(C1)C(=O)NC(=O)N2CCc1ccsc1. The van der Waals surface area contributed by atoms with Gasteiger partial charge in [0.2, 0.25) is 0 Å². The molecule has 1 aromatic rings. The zero-order chi connectivity index (χ0) is 14.2. The highest BCUT2D eigenvalue weighted by molar-refractivity contribution is 7.07. The third-order valence-corrected chi connectivity index (χ3v) is 5.31. The molecule has 2 atom stereocenters. The average molecular weight is 292 g/mol. The number of nitrogens with one attached hydrogen (secondary N) is 1. The maximum absolute atomic E-state index is 12.3. The number of amides is 3. The third kappa shape index (κ3) is 2.24. The Hall–Kier alpha value is -1.36. The van der Waals surface area contributed by atoms with E-state index in [2.05, 4.69) is 23.7 Å². The number of thiophene rings is 1. The van der Waals surface area contributed by atoms with E-state index in [0.717, 1.165) is 32.1 Å². The monoisotopic (exact) mass is 292 g/mol. The second-order valence-electron chi connectivity index (χ2n) is 6.03. The predicted molar refractivity (Wildman–Crippen MR) is 78.6 cm³/mol. The van der Waals surface area contributed by atoms with Crippen molar-refractivity contribution in [2.75, 3.05) is 6.54 Å². The maximum Gasteiger partial charge on any atom is 0.325 e. The Morgan fingerprint density at radius 3 is 3.05 bits per heavy atom. The first-order valence-corrected chi connectivity index (χ1v) is 8.20. The molecule has 1 aliphatic carbocycles. The Morgan fingerprint density at radius 2 is 2.35 bits per heavy atom. The number of imide groups is 1. The number of rotatable bonds is 3. The van der Waals surface area contributed by atoms with Crippen LogP contribution in [0.3, 0.4) is 0 Å². The van der Waals surface area contributed by atoms with E-state index in [-0.39, 0.29) is 11.9 Å². The van der Waals surface area contributed by atoms with Crippen LogP contribution in [0.15, 0.2) is 16.8 Å². The quantitative estimate of drug-likeness (QED) is 0.871. The molecule has 1 aliphatic heterocycles. The molecule has 3 amide bonds. The van der Waals surface area contributed by atoms with Crippen LogP contribution in [0.1, 0.15) is 38.2 Å². The summed E-state index contributed by atoms with van der Waals surface area (Å²) in [5, 5.41) is 6.68. The average Bonchev–Trinajstić information content (AvgIpc) is 2.98. The van der Waals surface area contributed by atoms with Gasteiger partial charge < -0.3 is 4.90 Å². The van der Waals surface area contributed by atoms with E-state index in [0.29, 0.717) is 12.5 Å². The van der Waals surface area contributed by atoms with Crippen molar-refractivity contribution in [1.29, 1.82) is 0 Å². The van der Waals surface area contributed by atoms with Gasteiger partial charge in [-0.1, -0.05) is 19.8 Å². The molecule has 1 spiro atoms. The molecule has 5 heteroatoms. The predicted octanol–water partition coefficient (Wildman–Crippen LogP) is 2.79. The van der Waals surface area contributed by atoms with E-state index in [1.165, 1.54) is 5.56 Å². The fourth-order valence-electron chi connectivity index (χ4n) is 3.56. The summed E-state index contributed by atoms with van der Waals surface area (Å²) in [6.45, 7) is 2.80. The molecule has 2 aliphatic rings. The van der Waals surface area contributed by atoms with Gasteiger partial charge in [0.05, 0.1) is 0 Å². The Labute approximate surface area is 123 Å². The largest absolute Gasteiger partial charge is 0.325 e. The van der Waals surface area contributed by atoms with Crippen molar-refractivity contribution in [3.8, 4) is 0 Å². The van der Waals surface area contributed by atoms with Crippen LogP contribution >= 0.6 is 11.3 Å². The first-order chi connectivity index (χ1) is 9.62. The van der Waals surface area contributed by atoms with Gasteiger partial charge in [-0.15, -0.1) is 0 Å².